The molecule has 4 rings (SSSR count). The molecule has 3 heteroatoms. The van der Waals surface area contributed by atoms with Crippen LogP contribution in [0.2, 0.25) is 0 Å². The third-order valence-electron chi connectivity index (χ3n) is 3.82. The van der Waals surface area contributed by atoms with Gasteiger partial charge in [-0.25, -0.2) is 0 Å². The molecule has 0 amide bonds. The van der Waals surface area contributed by atoms with Gasteiger partial charge in [-0.05, 0) is 17.5 Å². The molecule has 0 atom stereocenters. The maximum absolute atomic E-state index is 12.8. The second-order valence-electron chi connectivity index (χ2n) is 5.19. The van der Waals surface area contributed by atoms with Crippen molar-refractivity contribution in [2.24, 2.45) is 0 Å². The van der Waals surface area contributed by atoms with Crippen LogP contribution in [0.25, 0.3) is 0 Å². The van der Waals surface area contributed by atoms with Crippen LogP contribution in [-0.2, 0) is 0 Å². The molecular weight excluding hydrogens is 304 g/mol. The Bertz CT molecular complexity index is 1000. The lowest BCUT2D eigenvalue weighted by molar-refractivity contribution is 0.0979. The summed E-state index contributed by atoms with van der Waals surface area (Å²) in [4.78, 5) is 25.5. The molecule has 2 aromatic carbocycles. The number of thiophene rings is 1. The molecule has 23 heavy (non-hydrogen) atoms. The van der Waals surface area contributed by atoms with Crippen LogP contribution >= 0.6 is 11.3 Å². The highest BCUT2D eigenvalue weighted by molar-refractivity contribution is 7.08. The molecule has 2 nitrogen and oxygen atoms in total. The fourth-order valence-electron chi connectivity index (χ4n) is 2.72. The van der Waals surface area contributed by atoms with Gasteiger partial charge in [0.05, 0.1) is 0 Å². The fraction of sp³-hybridized carbons (Fsp3) is 0. The molecular formula is C20H10O2S. The van der Waals surface area contributed by atoms with E-state index in [0.717, 1.165) is 5.56 Å². The number of hydrogen-bond donors (Lipinski definition) is 0. The summed E-state index contributed by atoms with van der Waals surface area (Å²) in [6.07, 6.45) is 0. The second-order valence-corrected chi connectivity index (χ2v) is 5.97. The second kappa shape index (κ2) is 5.35. The van der Waals surface area contributed by atoms with Gasteiger partial charge in [0.15, 0.2) is 11.6 Å². The van der Waals surface area contributed by atoms with Gasteiger partial charge in [-0.2, -0.15) is 11.3 Å². The molecule has 1 aliphatic rings. The average molecular weight is 314 g/mol. The van der Waals surface area contributed by atoms with E-state index in [1.807, 2.05) is 16.8 Å². The van der Waals surface area contributed by atoms with Gasteiger partial charge in [0.1, 0.15) is 0 Å². The van der Waals surface area contributed by atoms with Crippen molar-refractivity contribution in [3.05, 3.63) is 92.7 Å². The molecule has 1 aromatic heterocycles. The Morgan fingerprint density at radius 2 is 1.48 bits per heavy atom. The van der Waals surface area contributed by atoms with E-state index in [-0.39, 0.29) is 11.6 Å². The maximum Gasteiger partial charge on any atom is 0.195 e. The zero-order valence-electron chi connectivity index (χ0n) is 12.0. The first-order chi connectivity index (χ1) is 11.3. The molecule has 0 aliphatic heterocycles. The van der Waals surface area contributed by atoms with E-state index in [2.05, 4.69) is 11.8 Å². The Morgan fingerprint density at radius 1 is 0.739 bits per heavy atom. The van der Waals surface area contributed by atoms with E-state index < -0.39 is 0 Å². The Balaban J connectivity index is 1.90. The van der Waals surface area contributed by atoms with Crippen molar-refractivity contribution in [2.45, 2.75) is 0 Å². The highest BCUT2D eigenvalue weighted by atomic mass is 32.1. The zero-order valence-corrected chi connectivity index (χ0v) is 12.8. The topological polar surface area (TPSA) is 34.1 Å². The first-order valence-electron chi connectivity index (χ1n) is 7.11. The minimum absolute atomic E-state index is 0.116. The van der Waals surface area contributed by atoms with E-state index in [4.69, 9.17) is 0 Å². The Hall–Kier alpha value is -2.96. The summed E-state index contributed by atoms with van der Waals surface area (Å²) in [6, 6.07) is 14.1. The van der Waals surface area contributed by atoms with E-state index in [1.165, 1.54) is 0 Å². The molecule has 0 saturated heterocycles. The Morgan fingerprint density at radius 3 is 2.22 bits per heavy atom. The number of carbonyl (C=O) groups excluding carboxylic acids is 2. The predicted octanol–water partition coefficient (Wildman–Crippen LogP) is 3.92. The molecule has 0 saturated carbocycles. The molecule has 3 aromatic rings. The van der Waals surface area contributed by atoms with Crippen LogP contribution in [0.4, 0.5) is 0 Å². The monoisotopic (exact) mass is 314 g/mol. The van der Waals surface area contributed by atoms with Gasteiger partial charge >= 0.3 is 0 Å². The zero-order chi connectivity index (χ0) is 15.8. The van der Waals surface area contributed by atoms with Gasteiger partial charge in [0.2, 0.25) is 0 Å². The van der Waals surface area contributed by atoms with Crippen LogP contribution in [0.5, 0.6) is 0 Å². The third kappa shape index (κ3) is 2.21. The van der Waals surface area contributed by atoms with Gasteiger partial charge in [-0.1, -0.05) is 48.2 Å². The number of ketones is 2. The van der Waals surface area contributed by atoms with E-state index in [0.29, 0.717) is 27.8 Å². The predicted molar refractivity (Wildman–Crippen MR) is 90.0 cm³/mol. The molecule has 0 radical (unpaired) electrons. The summed E-state index contributed by atoms with van der Waals surface area (Å²) in [5.74, 6) is 5.84. The summed E-state index contributed by atoms with van der Waals surface area (Å²) < 4.78 is 0. The molecule has 0 spiro atoms. The fourth-order valence-corrected chi connectivity index (χ4v) is 3.31. The van der Waals surface area contributed by atoms with Crippen LogP contribution in [0, 0.1) is 11.8 Å². The number of rotatable bonds is 0. The van der Waals surface area contributed by atoms with Gasteiger partial charge in [0, 0.05) is 38.8 Å². The van der Waals surface area contributed by atoms with E-state index >= 15 is 0 Å². The van der Waals surface area contributed by atoms with Crippen LogP contribution in [0.1, 0.15) is 43.0 Å². The molecule has 108 valence electrons. The lowest BCUT2D eigenvalue weighted by Gasteiger charge is -2.18. The Kier molecular flexibility index (Phi) is 3.18. The Labute approximate surface area is 137 Å². The van der Waals surface area contributed by atoms with Crippen LogP contribution in [0.3, 0.4) is 0 Å². The average Bonchev–Trinajstić information content (AvgIpc) is 3.11. The van der Waals surface area contributed by atoms with Crippen molar-refractivity contribution in [1.29, 1.82) is 0 Å². The quantitative estimate of drug-likeness (QED) is 0.461. The minimum atomic E-state index is -0.134. The summed E-state index contributed by atoms with van der Waals surface area (Å²) in [5, 5.41) is 3.90. The highest BCUT2D eigenvalue weighted by Gasteiger charge is 2.30. The van der Waals surface area contributed by atoms with Gasteiger partial charge < -0.3 is 0 Å². The number of benzene rings is 2. The van der Waals surface area contributed by atoms with Gasteiger partial charge in [-0.3, -0.25) is 9.59 Å². The highest BCUT2D eigenvalue weighted by Crippen LogP contribution is 2.29. The largest absolute Gasteiger partial charge is 0.289 e. The number of fused-ring (bicyclic) bond motifs is 2. The van der Waals surface area contributed by atoms with Crippen LogP contribution in [0.15, 0.2) is 59.3 Å². The third-order valence-corrected chi connectivity index (χ3v) is 4.50. The summed E-state index contributed by atoms with van der Waals surface area (Å²) in [5.41, 5.74) is 3.27. The molecule has 1 aliphatic carbocycles. The summed E-state index contributed by atoms with van der Waals surface area (Å²) in [6.45, 7) is 0. The normalized spacial score (nSPS) is 12.2. The summed E-state index contributed by atoms with van der Waals surface area (Å²) >= 11 is 1.57. The first-order valence-corrected chi connectivity index (χ1v) is 8.05. The van der Waals surface area contributed by atoms with Crippen LogP contribution in [-0.4, -0.2) is 11.6 Å². The minimum Gasteiger partial charge on any atom is -0.289 e. The van der Waals surface area contributed by atoms with Crippen molar-refractivity contribution in [1.82, 2.24) is 0 Å². The van der Waals surface area contributed by atoms with Gasteiger partial charge in [0.25, 0.3) is 0 Å². The lowest BCUT2D eigenvalue weighted by atomic mass is 9.82. The first kappa shape index (κ1) is 13.7. The number of hydrogen-bond acceptors (Lipinski definition) is 3. The summed E-state index contributed by atoms with van der Waals surface area (Å²) in [7, 11) is 0. The standard InChI is InChI=1S/C20H10O2S/c21-19-15-5-1-2-6-16(15)20(22)18-14(4-3-7-17(18)19)9-8-13-10-11-23-12-13/h1-7,10-12H. The maximum atomic E-state index is 12.8. The SMILES string of the molecule is O=C1c2ccccc2C(=O)c2c(C#Cc3ccsc3)cccc21. The van der Waals surface area contributed by atoms with Crippen molar-refractivity contribution >= 4 is 22.9 Å². The van der Waals surface area contributed by atoms with Gasteiger partial charge in [-0.15, -0.1) is 0 Å². The smallest absolute Gasteiger partial charge is 0.195 e. The van der Waals surface area contributed by atoms with Crippen molar-refractivity contribution < 1.29 is 9.59 Å². The molecule has 0 N–H and O–H groups in total. The molecule has 0 fully saturated rings. The molecule has 0 unspecified atom stereocenters. The molecule has 1 heterocycles. The van der Waals surface area contributed by atoms with Crippen molar-refractivity contribution in [3.8, 4) is 11.8 Å². The van der Waals surface area contributed by atoms with E-state index in [1.54, 1.807) is 53.8 Å². The van der Waals surface area contributed by atoms with E-state index in [9.17, 15) is 9.59 Å². The number of carbonyl (C=O) groups is 2. The van der Waals surface area contributed by atoms with Crippen molar-refractivity contribution in [2.75, 3.05) is 0 Å². The lowest BCUT2D eigenvalue weighted by Crippen LogP contribution is -2.21. The van der Waals surface area contributed by atoms with Crippen molar-refractivity contribution in [3.63, 3.8) is 0 Å². The molecule has 0 bridgehead atoms. The van der Waals surface area contributed by atoms with Crippen LogP contribution < -0.4 is 0 Å².